The molecule has 146 valence electrons. The van der Waals surface area contributed by atoms with Crippen LogP contribution in [0.1, 0.15) is 64.5 Å². The molecule has 1 unspecified atom stereocenters. The number of imidazole rings is 1. The molecule has 3 rings (SSSR count). The molecule has 1 aromatic heterocycles. The molecule has 27 heavy (non-hydrogen) atoms. The Morgan fingerprint density at radius 2 is 2.04 bits per heavy atom. The van der Waals surface area contributed by atoms with Gasteiger partial charge in [-0.05, 0) is 52.2 Å². The number of hydrogen-bond donors (Lipinski definition) is 1. The Kier molecular flexibility index (Phi) is 5.94. The van der Waals surface area contributed by atoms with Crippen molar-refractivity contribution in [3.63, 3.8) is 0 Å². The number of ether oxygens (including phenoxy) is 1. The van der Waals surface area contributed by atoms with E-state index in [1.807, 2.05) is 37.8 Å². The van der Waals surface area contributed by atoms with E-state index in [-0.39, 0.29) is 12.1 Å². The number of nitrogens with zero attached hydrogens (tertiary/aromatic N) is 2. The van der Waals surface area contributed by atoms with Gasteiger partial charge in [0.1, 0.15) is 11.4 Å². The highest BCUT2D eigenvalue weighted by Gasteiger charge is 2.35. The number of carbonyl (C=O) groups excluding carboxylic acids is 1. The summed E-state index contributed by atoms with van der Waals surface area (Å²) in [5, 5.41) is 0. The molecule has 0 bridgehead atoms. The van der Waals surface area contributed by atoms with Gasteiger partial charge < -0.3 is 9.72 Å². The number of carbonyl (C=O) groups is 1. The van der Waals surface area contributed by atoms with Crippen LogP contribution < -0.4 is 0 Å². The van der Waals surface area contributed by atoms with Crippen LogP contribution in [0, 0.1) is 0 Å². The topological polar surface area (TPSA) is 58.2 Å². The first-order chi connectivity index (χ1) is 12.8. The van der Waals surface area contributed by atoms with Gasteiger partial charge in [0, 0.05) is 22.3 Å². The lowest BCUT2D eigenvalue weighted by Gasteiger charge is -2.27. The van der Waals surface area contributed by atoms with Crippen molar-refractivity contribution in [2.75, 3.05) is 6.54 Å². The third kappa shape index (κ3) is 4.72. The second-order valence-corrected chi connectivity index (χ2v) is 8.95. The van der Waals surface area contributed by atoms with Crippen molar-refractivity contribution < 1.29 is 9.53 Å². The number of H-pyrrole nitrogens is 1. The highest BCUT2D eigenvalue weighted by Crippen LogP contribution is 2.34. The van der Waals surface area contributed by atoms with Crippen LogP contribution >= 0.6 is 15.9 Å². The van der Waals surface area contributed by atoms with Crippen molar-refractivity contribution in [2.24, 2.45) is 0 Å². The third-order valence-corrected chi connectivity index (χ3v) is 5.14. The fourth-order valence-corrected chi connectivity index (χ4v) is 3.72. The Morgan fingerprint density at radius 3 is 2.67 bits per heavy atom. The standard InChI is InChI=1S/C21H28BrN3O2/c1-5-7-16-18(14-9-11-15(22)12-10-14)24-19(23-16)17-8-6-13-25(17)20(26)27-21(2,3)4/h9-12,17H,5-8,13H2,1-4H3,(H,23,24). The van der Waals surface area contributed by atoms with E-state index < -0.39 is 5.60 Å². The number of benzene rings is 1. The molecule has 1 N–H and O–H groups in total. The summed E-state index contributed by atoms with van der Waals surface area (Å²) in [4.78, 5) is 22.9. The van der Waals surface area contributed by atoms with Gasteiger partial charge in [-0.1, -0.05) is 41.4 Å². The normalized spacial score (nSPS) is 17.4. The predicted molar refractivity (Wildman–Crippen MR) is 111 cm³/mol. The maximum absolute atomic E-state index is 12.6. The Labute approximate surface area is 169 Å². The van der Waals surface area contributed by atoms with Gasteiger partial charge in [-0.3, -0.25) is 4.90 Å². The summed E-state index contributed by atoms with van der Waals surface area (Å²) in [5.41, 5.74) is 2.70. The molecule has 2 aromatic rings. The molecule has 1 aliphatic rings. The molecule has 1 fully saturated rings. The van der Waals surface area contributed by atoms with Crippen LogP contribution in [0.2, 0.25) is 0 Å². The van der Waals surface area contributed by atoms with Crippen molar-refractivity contribution in [2.45, 2.75) is 65.0 Å². The molecule has 6 heteroatoms. The van der Waals surface area contributed by atoms with Crippen molar-refractivity contribution in [1.29, 1.82) is 0 Å². The lowest BCUT2D eigenvalue weighted by Crippen LogP contribution is -2.36. The molecule has 0 spiro atoms. The van der Waals surface area contributed by atoms with Crippen LogP contribution in [0.15, 0.2) is 28.7 Å². The van der Waals surface area contributed by atoms with Gasteiger partial charge in [-0.25, -0.2) is 9.78 Å². The molecule has 1 aromatic carbocycles. The average Bonchev–Trinajstić information content (AvgIpc) is 3.21. The molecule has 0 radical (unpaired) electrons. The zero-order chi connectivity index (χ0) is 19.6. The molecule has 5 nitrogen and oxygen atoms in total. The van der Waals surface area contributed by atoms with Crippen LogP contribution in [-0.2, 0) is 11.2 Å². The molecule has 0 aliphatic carbocycles. The van der Waals surface area contributed by atoms with Crippen LogP contribution in [-0.4, -0.2) is 33.1 Å². The Bertz CT molecular complexity index is 793. The summed E-state index contributed by atoms with van der Waals surface area (Å²) < 4.78 is 6.64. The number of nitrogens with one attached hydrogen (secondary N) is 1. The van der Waals surface area contributed by atoms with Crippen molar-refractivity contribution >= 4 is 22.0 Å². The number of hydrogen-bond acceptors (Lipinski definition) is 3. The number of rotatable bonds is 4. The third-order valence-electron chi connectivity index (χ3n) is 4.61. The smallest absolute Gasteiger partial charge is 0.410 e. The number of halogens is 1. The highest BCUT2D eigenvalue weighted by atomic mass is 79.9. The number of aromatic nitrogens is 2. The van der Waals surface area contributed by atoms with Gasteiger partial charge in [-0.15, -0.1) is 0 Å². The maximum atomic E-state index is 12.6. The summed E-state index contributed by atoms with van der Waals surface area (Å²) in [6, 6.07) is 8.15. The summed E-state index contributed by atoms with van der Waals surface area (Å²) >= 11 is 3.49. The van der Waals surface area contributed by atoms with E-state index in [9.17, 15) is 4.79 Å². The minimum atomic E-state index is -0.497. The van der Waals surface area contributed by atoms with E-state index in [2.05, 4.69) is 40.0 Å². The monoisotopic (exact) mass is 433 g/mol. The van der Waals surface area contributed by atoms with Crippen molar-refractivity contribution in [1.82, 2.24) is 14.9 Å². The molecule has 1 aliphatic heterocycles. The molecule has 1 amide bonds. The van der Waals surface area contributed by atoms with Gasteiger partial charge in [-0.2, -0.15) is 0 Å². The van der Waals surface area contributed by atoms with E-state index in [0.29, 0.717) is 6.54 Å². The fourth-order valence-electron chi connectivity index (χ4n) is 3.46. The molecule has 0 saturated carbocycles. The first-order valence-corrected chi connectivity index (χ1v) is 10.4. The van der Waals surface area contributed by atoms with E-state index in [1.54, 1.807) is 0 Å². The van der Waals surface area contributed by atoms with E-state index >= 15 is 0 Å². The summed E-state index contributed by atoms with van der Waals surface area (Å²) in [5.74, 6) is 0.861. The Balaban J connectivity index is 1.90. The van der Waals surface area contributed by atoms with Crippen LogP contribution in [0.25, 0.3) is 11.3 Å². The fraction of sp³-hybridized carbons (Fsp3) is 0.524. The van der Waals surface area contributed by atoms with Gasteiger partial charge in [0.2, 0.25) is 0 Å². The number of likely N-dealkylation sites (tertiary alicyclic amines) is 1. The van der Waals surface area contributed by atoms with E-state index in [0.717, 1.165) is 52.9 Å². The first kappa shape index (κ1) is 19.9. The molecular formula is C21H28BrN3O2. The second-order valence-electron chi connectivity index (χ2n) is 8.04. The zero-order valence-electron chi connectivity index (χ0n) is 16.5. The lowest BCUT2D eigenvalue weighted by atomic mass is 10.1. The van der Waals surface area contributed by atoms with Crippen molar-refractivity contribution in [3.8, 4) is 11.3 Å². The van der Waals surface area contributed by atoms with Gasteiger partial charge in [0.25, 0.3) is 0 Å². The SMILES string of the molecule is CCCc1[nH]c(C2CCCN2C(=O)OC(C)(C)C)nc1-c1ccc(Br)cc1. The summed E-state index contributed by atoms with van der Waals surface area (Å²) in [6.07, 6.45) is 3.56. The van der Waals surface area contributed by atoms with E-state index in [4.69, 9.17) is 9.72 Å². The van der Waals surface area contributed by atoms with Crippen LogP contribution in [0.3, 0.4) is 0 Å². The van der Waals surface area contributed by atoms with Gasteiger partial charge >= 0.3 is 6.09 Å². The predicted octanol–water partition coefficient (Wildman–Crippen LogP) is 5.86. The number of aromatic amines is 1. The quantitative estimate of drug-likeness (QED) is 0.656. The summed E-state index contributed by atoms with van der Waals surface area (Å²) in [6.45, 7) is 8.56. The highest BCUT2D eigenvalue weighted by molar-refractivity contribution is 9.10. The minimum Gasteiger partial charge on any atom is -0.444 e. The number of amides is 1. The van der Waals surface area contributed by atoms with Gasteiger partial charge in [0.15, 0.2) is 0 Å². The molecule has 1 atom stereocenters. The largest absolute Gasteiger partial charge is 0.444 e. The summed E-state index contributed by atoms with van der Waals surface area (Å²) in [7, 11) is 0. The minimum absolute atomic E-state index is 0.0559. The maximum Gasteiger partial charge on any atom is 0.410 e. The molecule has 2 heterocycles. The molecule has 1 saturated heterocycles. The second kappa shape index (κ2) is 8.05. The Morgan fingerprint density at radius 1 is 1.33 bits per heavy atom. The first-order valence-electron chi connectivity index (χ1n) is 9.63. The lowest BCUT2D eigenvalue weighted by molar-refractivity contribution is 0.0218. The average molecular weight is 434 g/mol. The van der Waals surface area contributed by atoms with Crippen molar-refractivity contribution in [3.05, 3.63) is 40.3 Å². The van der Waals surface area contributed by atoms with E-state index in [1.165, 1.54) is 0 Å². The zero-order valence-corrected chi connectivity index (χ0v) is 18.1. The number of aryl methyl sites for hydroxylation is 1. The Hall–Kier alpha value is -1.82. The molecular weight excluding hydrogens is 406 g/mol. The van der Waals surface area contributed by atoms with Crippen LogP contribution in [0.5, 0.6) is 0 Å². The van der Waals surface area contributed by atoms with Gasteiger partial charge in [0.05, 0.1) is 11.7 Å². The van der Waals surface area contributed by atoms with Crippen LogP contribution in [0.4, 0.5) is 4.79 Å².